The number of fused-ring (bicyclic) bond motifs is 1. The van der Waals surface area contributed by atoms with Crippen LogP contribution < -0.4 is 10.5 Å². The van der Waals surface area contributed by atoms with Crippen LogP contribution >= 0.6 is 0 Å². The van der Waals surface area contributed by atoms with Crippen LogP contribution in [0.15, 0.2) is 41.4 Å². The van der Waals surface area contributed by atoms with Gasteiger partial charge in [0.2, 0.25) is 10.0 Å². The van der Waals surface area contributed by atoms with E-state index in [1.807, 2.05) is 6.07 Å². The number of aromatic nitrogens is 4. The summed E-state index contributed by atoms with van der Waals surface area (Å²) in [5.41, 5.74) is 2.47. The van der Waals surface area contributed by atoms with Crippen LogP contribution in [-0.2, 0) is 10.0 Å². The second-order valence-corrected chi connectivity index (χ2v) is 8.16. The first-order chi connectivity index (χ1) is 12.5. The maximum atomic E-state index is 11.4. The Morgan fingerprint density at radius 3 is 2.54 bits per heavy atom. The highest BCUT2D eigenvalue weighted by atomic mass is 32.2. The number of hydrogen-bond acceptors (Lipinski definition) is 6. The molecular weight excluding hydrogens is 352 g/mol. The van der Waals surface area contributed by atoms with Crippen molar-refractivity contribution >= 4 is 27.2 Å². The maximum Gasteiger partial charge on any atom is 0.238 e. The molecule has 0 spiro atoms. The van der Waals surface area contributed by atoms with Crippen LogP contribution in [0.1, 0.15) is 43.7 Å². The minimum Gasteiger partial charge on any atom is -0.340 e. The second kappa shape index (κ2) is 6.65. The number of primary sulfonamides is 1. The lowest BCUT2D eigenvalue weighted by Crippen LogP contribution is -2.12. The molecule has 1 aromatic carbocycles. The molecule has 136 valence electrons. The molecule has 0 unspecified atom stereocenters. The van der Waals surface area contributed by atoms with Gasteiger partial charge in [0.05, 0.1) is 11.1 Å². The van der Waals surface area contributed by atoms with Crippen LogP contribution in [0.25, 0.3) is 5.65 Å². The summed E-state index contributed by atoms with van der Waals surface area (Å²) in [5, 5.41) is 16.5. The first-order valence-electron chi connectivity index (χ1n) is 8.62. The minimum absolute atomic E-state index is 0.0755. The molecule has 0 amide bonds. The van der Waals surface area contributed by atoms with Crippen molar-refractivity contribution in [2.75, 3.05) is 5.32 Å². The van der Waals surface area contributed by atoms with Crippen molar-refractivity contribution in [3.8, 4) is 0 Å². The number of sulfonamides is 1. The molecule has 1 saturated carbocycles. The monoisotopic (exact) mass is 372 g/mol. The fraction of sp³-hybridized carbons (Fsp3) is 0.353. The van der Waals surface area contributed by atoms with Crippen molar-refractivity contribution in [2.45, 2.75) is 42.9 Å². The van der Waals surface area contributed by atoms with E-state index in [1.54, 1.807) is 22.8 Å². The summed E-state index contributed by atoms with van der Waals surface area (Å²) in [6.07, 6.45) is 7.68. The van der Waals surface area contributed by atoms with Gasteiger partial charge in [0, 0.05) is 23.4 Å². The molecule has 0 atom stereocenters. The molecule has 0 radical (unpaired) electrons. The van der Waals surface area contributed by atoms with Crippen LogP contribution in [0, 0.1) is 0 Å². The van der Waals surface area contributed by atoms with Gasteiger partial charge in [-0.1, -0.05) is 24.5 Å². The predicted molar refractivity (Wildman–Crippen MR) is 97.7 cm³/mol. The minimum atomic E-state index is -3.70. The molecule has 26 heavy (non-hydrogen) atoms. The number of nitrogens with zero attached hydrogens (tertiary/aromatic N) is 4. The zero-order chi connectivity index (χ0) is 18.1. The van der Waals surface area contributed by atoms with Crippen molar-refractivity contribution in [3.63, 3.8) is 0 Å². The molecule has 9 heteroatoms. The normalized spacial score (nSPS) is 16.0. The van der Waals surface area contributed by atoms with Gasteiger partial charge in [-0.05, 0) is 37.1 Å². The molecule has 0 saturated heterocycles. The lowest BCUT2D eigenvalue weighted by molar-refractivity contribution is 0.437. The van der Waals surface area contributed by atoms with Gasteiger partial charge >= 0.3 is 0 Å². The summed E-state index contributed by atoms with van der Waals surface area (Å²) in [6.45, 7) is 0. The Kier molecular flexibility index (Phi) is 4.33. The van der Waals surface area contributed by atoms with Crippen LogP contribution in [0.3, 0.4) is 0 Å². The first-order valence-corrected chi connectivity index (χ1v) is 10.2. The molecule has 2 aromatic heterocycles. The maximum absolute atomic E-state index is 11.4. The van der Waals surface area contributed by atoms with E-state index >= 15 is 0 Å². The third-order valence-corrected chi connectivity index (χ3v) is 5.70. The first kappa shape index (κ1) is 16.9. The standard InChI is InChI=1S/C17H20N6O2S/c18-26(24,25)14-8-6-13(7-9-14)20-16-10-15(12-4-2-1-3-5-12)21-17-11-19-22-23(16)17/h6-12,20H,1-5H2,(H2,18,24,25). The third kappa shape index (κ3) is 3.40. The van der Waals surface area contributed by atoms with Crippen molar-refractivity contribution < 1.29 is 8.42 Å². The van der Waals surface area contributed by atoms with E-state index in [9.17, 15) is 8.42 Å². The van der Waals surface area contributed by atoms with E-state index < -0.39 is 10.0 Å². The third-order valence-electron chi connectivity index (χ3n) is 4.77. The number of rotatable bonds is 4. The van der Waals surface area contributed by atoms with Crippen LogP contribution in [-0.4, -0.2) is 28.2 Å². The quantitative estimate of drug-likeness (QED) is 0.727. The van der Waals surface area contributed by atoms with Crippen molar-refractivity contribution in [3.05, 3.63) is 42.2 Å². The number of nitrogens with two attached hydrogens (primary N) is 1. The molecular formula is C17H20N6O2S. The van der Waals surface area contributed by atoms with Gasteiger partial charge in [0.1, 0.15) is 5.82 Å². The Balaban J connectivity index is 1.67. The molecule has 1 fully saturated rings. The second-order valence-electron chi connectivity index (χ2n) is 6.60. The largest absolute Gasteiger partial charge is 0.340 e. The summed E-state index contributed by atoms with van der Waals surface area (Å²) in [6, 6.07) is 8.29. The zero-order valence-electron chi connectivity index (χ0n) is 14.2. The van der Waals surface area contributed by atoms with E-state index in [2.05, 4.69) is 15.6 Å². The molecule has 8 nitrogen and oxygen atoms in total. The van der Waals surface area contributed by atoms with Gasteiger partial charge in [0.25, 0.3) is 0 Å². The van der Waals surface area contributed by atoms with Gasteiger partial charge in [-0.15, -0.1) is 5.10 Å². The van der Waals surface area contributed by atoms with E-state index in [1.165, 1.54) is 31.4 Å². The Morgan fingerprint density at radius 2 is 1.85 bits per heavy atom. The number of nitrogens with one attached hydrogen (secondary N) is 1. The van der Waals surface area contributed by atoms with Crippen LogP contribution in [0.5, 0.6) is 0 Å². The highest BCUT2D eigenvalue weighted by Crippen LogP contribution is 2.33. The van der Waals surface area contributed by atoms with Gasteiger partial charge in [-0.25, -0.2) is 18.5 Å². The molecule has 1 aliphatic carbocycles. The molecule has 2 heterocycles. The van der Waals surface area contributed by atoms with Gasteiger partial charge in [-0.2, -0.15) is 4.52 Å². The molecule has 4 rings (SSSR count). The van der Waals surface area contributed by atoms with Gasteiger partial charge < -0.3 is 5.32 Å². The molecule has 3 aromatic rings. The summed E-state index contributed by atoms with van der Waals surface area (Å²) in [7, 11) is -3.70. The molecule has 0 bridgehead atoms. The Labute approximate surface area is 151 Å². The van der Waals surface area contributed by atoms with E-state index in [4.69, 9.17) is 10.1 Å². The fourth-order valence-electron chi connectivity index (χ4n) is 3.42. The molecule has 1 aliphatic rings. The van der Waals surface area contributed by atoms with Crippen molar-refractivity contribution in [1.29, 1.82) is 0 Å². The fourth-order valence-corrected chi connectivity index (χ4v) is 3.93. The topological polar surface area (TPSA) is 115 Å². The number of anilines is 2. The summed E-state index contributed by atoms with van der Waals surface area (Å²) in [5.74, 6) is 1.20. The summed E-state index contributed by atoms with van der Waals surface area (Å²) < 4.78 is 24.4. The Bertz CT molecular complexity index is 1020. The molecule has 0 aliphatic heterocycles. The van der Waals surface area contributed by atoms with E-state index in [-0.39, 0.29) is 4.90 Å². The highest BCUT2D eigenvalue weighted by Gasteiger charge is 2.19. The van der Waals surface area contributed by atoms with Crippen molar-refractivity contribution in [1.82, 2.24) is 19.8 Å². The average Bonchev–Trinajstić information content (AvgIpc) is 3.11. The highest BCUT2D eigenvalue weighted by molar-refractivity contribution is 7.89. The summed E-state index contributed by atoms with van der Waals surface area (Å²) >= 11 is 0. The number of benzene rings is 1. The predicted octanol–water partition coefficient (Wildman–Crippen LogP) is 2.56. The van der Waals surface area contributed by atoms with E-state index in [0.717, 1.165) is 30.0 Å². The lowest BCUT2D eigenvalue weighted by atomic mass is 9.87. The lowest BCUT2D eigenvalue weighted by Gasteiger charge is -2.21. The van der Waals surface area contributed by atoms with Crippen LogP contribution in [0.4, 0.5) is 11.5 Å². The zero-order valence-corrected chi connectivity index (χ0v) is 15.0. The molecule has 3 N–H and O–H groups in total. The Hall–Kier alpha value is -2.52. The smallest absolute Gasteiger partial charge is 0.238 e. The van der Waals surface area contributed by atoms with Crippen molar-refractivity contribution in [2.24, 2.45) is 5.14 Å². The SMILES string of the molecule is NS(=O)(=O)c1ccc(Nc2cc(C3CCCCC3)nc3cnnn23)cc1. The summed E-state index contributed by atoms with van der Waals surface area (Å²) in [4.78, 5) is 4.79. The van der Waals surface area contributed by atoms with Gasteiger partial charge in [-0.3, -0.25) is 0 Å². The Morgan fingerprint density at radius 1 is 1.12 bits per heavy atom. The van der Waals surface area contributed by atoms with Gasteiger partial charge in [0.15, 0.2) is 5.65 Å². The average molecular weight is 372 g/mol. The number of hydrogen-bond donors (Lipinski definition) is 2. The van der Waals surface area contributed by atoms with E-state index in [0.29, 0.717) is 11.6 Å². The van der Waals surface area contributed by atoms with Crippen LogP contribution in [0.2, 0.25) is 0 Å².